The van der Waals surface area contributed by atoms with Gasteiger partial charge >= 0.3 is 0 Å². The van der Waals surface area contributed by atoms with Gasteiger partial charge < -0.3 is 4.74 Å². The number of unbranched alkanes of at least 4 members (excludes halogenated alkanes) is 1. The van der Waals surface area contributed by atoms with Crippen LogP contribution in [0.3, 0.4) is 0 Å². The Labute approximate surface area is 238 Å². The van der Waals surface area contributed by atoms with Gasteiger partial charge in [-0.05, 0) is 128 Å². The Morgan fingerprint density at radius 1 is 1.03 bits per heavy atom. The molecule has 3 heteroatoms. The summed E-state index contributed by atoms with van der Waals surface area (Å²) in [4.78, 5) is 13.3. The van der Waals surface area contributed by atoms with Gasteiger partial charge in [0.25, 0.3) is 0 Å². The first-order valence-electron chi connectivity index (χ1n) is 14.9. The molecule has 1 atom stereocenters. The lowest BCUT2D eigenvalue weighted by Crippen LogP contribution is -2.04. The molecule has 0 spiro atoms. The van der Waals surface area contributed by atoms with Crippen LogP contribution in [0.15, 0.2) is 59.2 Å². The molecule has 3 rings (SSSR count). The molecule has 1 saturated carbocycles. The Balaban J connectivity index is 0.00000560. The van der Waals surface area contributed by atoms with Gasteiger partial charge in [-0.2, -0.15) is 5.26 Å². The van der Waals surface area contributed by atoms with E-state index in [0.29, 0.717) is 30.4 Å². The largest absolute Gasteiger partial charge is 0.380 e. The molecule has 1 aliphatic carbocycles. The quantitative estimate of drug-likeness (QED) is 0.131. The SMILES string of the molecule is CCCC(CCCCC(=O)c1ccc(C2CC2)c(/C(CC)=C(C)/C(C)=C(\C)COC)c1)c1ccc(C#N)cc1.[HH]. The predicted octanol–water partition coefficient (Wildman–Crippen LogP) is 10.2. The molecular formula is C36H49NO2. The van der Waals surface area contributed by atoms with E-state index in [2.05, 4.69) is 71.0 Å². The fourth-order valence-corrected chi connectivity index (χ4v) is 5.75. The Morgan fingerprint density at radius 3 is 2.33 bits per heavy atom. The van der Waals surface area contributed by atoms with Crippen LogP contribution in [0.4, 0.5) is 0 Å². The van der Waals surface area contributed by atoms with Crippen molar-refractivity contribution in [2.24, 2.45) is 0 Å². The normalized spacial score (nSPS) is 15.3. The van der Waals surface area contributed by atoms with Gasteiger partial charge in [-0.3, -0.25) is 4.79 Å². The highest BCUT2D eigenvalue weighted by atomic mass is 16.5. The van der Waals surface area contributed by atoms with E-state index in [1.165, 1.54) is 51.8 Å². The number of rotatable bonds is 15. The summed E-state index contributed by atoms with van der Waals surface area (Å²) in [6.07, 6.45) is 9.29. The number of allylic oxidation sites excluding steroid dienone is 3. The topological polar surface area (TPSA) is 50.1 Å². The molecule has 210 valence electrons. The highest BCUT2D eigenvalue weighted by molar-refractivity contribution is 5.97. The molecule has 0 aromatic heterocycles. The lowest BCUT2D eigenvalue weighted by molar-refractivity contribution is 0.0979. The number of hydrogen-bond donors (Lipinski definition) is 0. The Kier molecular flexibility index (Phi) is 11.8. The zero-order valence-corrected chi connectivity index (χ0v) is 25.0. The number of methoxy groups -OCH3 is 1. The van der Waals surface area contributed by atoms with Gasteiger partial charge in [-0.15, -0.1) is 0 Å². The van der Waals surface area contributed by atoms with Gasteiger partial charge in [-0.25, -0.2) is 0 Å². The molecule has 39 heavy (non-hydrogen) atoms. The van der Waals surface area contributed by atoms with Crippen molar-refractivity contribution in [1.82, 2.24) is 0 Å². The number of ketones is 1. The Morgan fingerprint density at radius 2 is 1.74 bits per heavy atom. The van der Waals surface area contributed by atoms with Crippen molar-refractivity contribution in [3.63, 3.8) is 0 Å². The van der Waals surface area contributed by atoms with Crippen LogP contribution in [0.2, 0.25) is 0 Å². The first kappa shape index (κ1) is 30.6. The van der Waals surface area contributed by atoms with Crippen LogP contribution in [0, 0.1) is 11.3 Å². The van der Waals surface area contributed by atoms with Crippen LogP contribution < -0.4 is 0 Å². The molecule has 2 aromatic rings. The molecule has 0 heterocycles. The number of nitrogens with zero attached hydrogens (tertiary/aromatic N) is 1. The molecule has 1 fully saturated rings. The summed E-state index contributed by atoms with van der Waals surface area (Å²) in [5.74, 6) is 1.36. The summed E-state index contributed by atoms with van der Waals surface area (Å²) >= 11 is 0. The van der Waals surface area contributed by atoms with E-state index >= 15 is 0 Å². The monoisotopic (exact) mass is 527 g/mol. The molecule has 0 bridgehead atoms. The maximum atomic E-state index is 13.3. The standard InChI is InChI=1S/C36H47NO2.H2/c1-7-11-29(30-16-14-28(23-37)15-17-30)12-9-10-13-36(38)32-20-21-34(31-18-19-31)35(22-32)33(8-2)27(5)26(4)25(3)24-39-6;/h14-17,20-22,29,31H,7-13,18-19,24H2,1-6H3;1H/b26-25+,33-27+;. The van der Waals surface area contributed by atoms with Crippen LogP contribution in [0.5, 0.6) is 0 Å². The fraction of sp³-hybridized carbons (Fsp3) is 0.500. The summed E-state index contributed by atoms with van der Waals surface area (Å²) in [7, 11) is 1.74. The zero-order chi connectivity index (χ0) is 28.4. The van der Waals surface area contributed by atoms with Crippen molar-refractivity contribution in [3.05, 3.63) is 87.0 Å². The average molecular weight is 528 g/mol. The number of carbonyl (C=O) groups excluding carboxylic acids is 1. The number of carbonyl (C=O) groups is 1. The molecule has 1 aliphatic rings. The smallest absolute Gasteiger partial charge is 0.162 e. The molecule has 0 amide bonds. The van der Waals surface area contributed by atoms with Gasteiger partial charge in [0.1, 0.15) is 0 Å². The van der Waals surface area contributed by atoms with Crippen LogP contribution in [0.1, 0.15) is 138 Å². The van der Waals surface area contributed by atoms with Crippen LogP contribution >= 0.6 is 0 Å². The van der Waals surface area contributed by atoms with Gasteiger partial charge in [0.2, 0.25) is 0 Å². The van der Waals surface area contributed by atoms with Crippen molar-refractivity contribution in [3.8, 4) is 6.07 Å². The third kappa shape index (κ3) is 8.26. The summed E-state index contributed by atoms with van der Waals surface area (Å²) in [5, 5.41) is 9.10. The van der Waals surface area contributed by atoms with E-state index in [-0.39, 0.29) is 7.21 Å². The van der Waals surface area contributed by atoms with Crippen molar-refractivity contribution in [1.29, 1.82) is 5.26 Å². The molecule has 0 aliphatic heterocycles. The van der Waals surface area contributed by atoms with Gasteiger partial charge in [0, 0.05) is 20.5 Å². The summed E-state index contributed by atoms with van der Waals surface area (Å²) in [6.45, 7) is 11.6. The number of ether oxygens (including phenoxy) is 1. The Hall–Kier alpha value is -2.96. The van der Waals surface area contributed by atoms with E-state index in [4.69, 9.17) is 10.00 Å². The summed E-state index contributed by atoms with van der Waals surface area (Å²) in [6, 6.07) is 16.7. The minimum Gasteiger partial charge on any atom is -0.380 e. The van der Waals surface area contributed by atoms with E-state index in [0.717, 1.165) is 44.1 Å². The number of benzene rings is 2. The van der Waals surface area contributed by atoms with E-state index < -0.39 is 0 Å². The fourth-order valence-electron chi connectivity index (χ4n) is 5.75. The van der Waals surface area contributed by atoms with E-state index in [9.17, 15) is 4.79 Å². The second-order valence-corrected chi connectivity index (χ2v) is 11.3. The highest BCUT2D eigenvalue weighted by Crippen LogP contribution is 2.45. The average Bonchev–Trinajstić information content (AvgIpc) is 3.80. The summed E-state index contributed by atoms with van der Waals surface area (Å²) in [5.41, 5.74) is 10.7. The van der Waals surface area contributed by atoms with E-state index in [1.807, 2.05) is 12.1 Å². The molecule has 1 unspecified atom stereocenters. The van der Waals surface area contributed by atoms with Crippen LogP contribution in [0.25, 0.3) is 5.57 Å². The molecule has 2 aromatic carbocycles. The number of hydrogen-bond acceptors (Lipinski definition) is 3. The molecule has 0 radical (unpaired) electrons. The second kappa shape index (κ2) is 15.0. The van der Waals surface area contributed by atoms with Crippen molar-refractivity contribution < 1.29 is 11.0 Å². The van der Waals surface area contributed by atoms with Crippen molar-refractivity contribution in [2.45, 2.75) is 104 Å². The highest BCUT2D eigenvalue weighted by Gasteiger charge is 2.28. The maximum absolute atomic E-state index is 13.3. The van der Waals surface area contributed by atoms with Crippen LogP contribution in [-0.2, 0) is 4.74 Å². The molecule has 0 N–H and O–H groups in total. The van der Waals surface area contributed by atoms with E-state index in [1.54, 1.807) is 7.11 Å². The molecular weight excluding hydrogens is 478 g/mol. The zero-order valence-electron chi connectivity index (χ0n) is 25.0. The first-order chi connectivity index (χ1) is 18.8. The second-order valence-electron chi connectivity index (χ2n) is 11.3. The van der Waals surface area contributed by atoms with Crippen LogP contribution in [-0.4, -0.2) is 19.5 Å². The third-order valence-corrected chi connectivity index (χ3v) is 8.44. The third-order valence-electron chi connectivity index (χ3n) is 8.44. The minimum atomic E-state index is 0. The maximum Gasteiger partial charge on any atom is 0.162 e. The molecule has 3 nitrogen and oxygen atoms in total. The Bertz CT molecular complexity index is 1230. The van der Waals surface area contributed by atoms with Crippen molar-refractivity contribution in [2.75, 3.05) is 13.7 Å². The minimum absolute atomic E-state index is 0. The first-order valence-corrected chi connectivity index (χ1v) is 14.9. The van der Waals surface area contributed by atoms with Gasteiger partial charge in [0.15, 0.2) is 5.78 Å². The lowest BCUT2D eigenvalue weighted by atomic mass is 9.86. The van der Waals surface area contributed by atoms with Gasteiger partial charge in [-0.1, -0.05) is 51.0 Å². The predicted molar refractivity (Wildman–Crippen MR) is 165 cm³/mol. The number of nitriles is 1. The summed E-state index contributed by atoms with van der Waals surface area (Å²) < 4.78 is 5.39. The number of Topliss-reactive ketones (excluding diaryl/α,β-unsaturated/α-hetero) is 1. The lowest BCUT2D eigenvalue weighted by Gasteiger charge is -2.19. The molecule has 0 saturated heterocycles. The van der Waals surface area contributed by atoms with Gasteiger partial charge in [0.05, 0.1) is 18.2 Å². The van der Waals surface area contributed by atoms with Crippen molar-refractivity contribution >= 4 is 11.4 Å².